The molecule has 4 rings (SSSR count). The van der Waals surface area contributed by atoms with Crippen LogP contribution in [0.2, 0.25) is 0 Å². The molecule has 6 heteroatoms. The SMILES string of the molecule is O=C1CC2(CCN(C(=O)Nc3ccccc3F)C2)Oc2ccccc21. The second kappa shape index (κ2) is 5.88. The highest BCUT2D eigenvalue weighted by atomic mass is 19.1. The molecule has 1 N–H and O–H groups in total. The number of urea groups is 1. The molecule has 5 nitrogen and oxygen atoms in total. The van der Waals surface area contributed by atoms with E-state index >= 15 is 0 Å². The molecule has 2 amide bonds. The maximum absolute atomic E-state index is 13.7. The van der Waals surface area contributed by atoms with Crippen molar-refractivity contribution in [3.05, 3.63) is 59.9 Å². The van der Waals surface area contributed by atoms with E-state index in [-0.39, 0.29) is 17.9 Å². The van der Waals surface area contributed by atoms with Gasteiger partial charge in [0.15, 0.2) is 5.78 Å². The number of halogens is 1. The average molecular weight is 340 g/mol. The minimum absolute atomic E-state index is 0.0261. The van der Waals surface area contributed by atoms with Gasteiger partial charge in [0.25, 0.3) is 0 Å². The van der Waals surface area contributed by atoms with Gasteiger partial charge in [0.1, 0.15) is 17.2 Å². The molecule has 1 saturated heterocycles. The molecule has 0 radical (unpaired) electrons. The normalized spacial score (nSPS) is 21.8. The van der Waals surface area contributed by atoms with Gasteiger partial charge in [0.2, 0.25) is 0 Å². The number of Topliss-reactive ketones (excluding diaryl/α,β-unsaturated/α-hetero) is 1. The molecule has 25 heavy (non-hydrogen) atoms. The van der Waals surface area contributed by atoms with E-state index in [0.717, 1.165) is 0 Å². The van der Waals surface area contributed by atoms with Gasteiger partial charge in [0, 0.05) is 13.0 Å². The summed E-state index contributed by atoms with van der Waals surface area (Å²) < 4.78 is 19.8. The lowest BCUT2D eigenvalue weighted by atomic mass is 9.89. The highest BCUT2D eigenvalue weighted by molar-refractivity contribution is 6.00. The molecule has 2 aromatic carbocycles. The summed E-state index contributed by atoms with van der Waals surface area (Å²) in [6, 6.07) is 12.8. The van der Waals surface area contributed by atoms with E-state index in [1.807, 2.05) is 6.07 Å². The van der Waals surface area contributed by atoms with E-state index in [4.69, 9.17) is 4.74 Å². The van der Waals surface area contributed by atoms with Gasteiger partial charge in [-0.25, -0.2) is 9.18 Å². The lowest BCUT2D eigenvalue weighted by molar-refractivity contribution is 0.0482. The lowest BCUT2D eigenvalue weighted by Crippen LogP contribution is -2.46. The van der Waals surface area contributed by atoms with Crippen LogP contribution in [0.25, 0.3) is 0 Å². The number of ketones is 1. The van der Waals surface area contributed by atoms with Crippen molar-refractivity contribution in [1.29, 1.82) is 0 Å². The zero-order chi connectivity index (χ0) is 17.4. The van der Waals surface area contributed by atoms with E-state index in [1.165, 1.54) is 12.1 Å². The molecule has 1 fully saturated rings. The van der Waals surface area contributed by atoms with Crippen LogP contribution in [0.5, 0.6) is 5.75 Å². The minimum Gasteiger partial charge on any atom is -0.484 e. The van der Waals surface area contributed by atoms with E-state index in [0.29, 0.717) is 30.8 Å². The number of benzene rings is 2. The van der Waals surface area contributed by atoms with Crippen molar-refractivity contribution in [2.75, 3.05) is 18.4 Å². The van der Waals surface area contributed by atoms with Gasteiger partial charge in [-0.15, -0.1) is 0 Å². The van der Waals surface area contributed by atoms with E-state index < -0.39 is 17.4 Å². The van der Waals surface area contributed by atoms with Crippen molar-refractivity contribution >= 4 is 17.5 Å². The first-order valence-corrected chi connectivity index (χ1v) is 8.18. The first-order valence-electron chi connectivity index (χ1n) is 8.18. The van der Waals surface area contributed by atoms with Crippen molar-refractivity contribution in [3.8, 4) is 5.75 Å². The summed E-state index contributed by atoms with van der Waals surface area (Å²) in [4.78, 5) is 26.4. The third kappa shape index (κ3) is 2.84. The summed E-state index contributed by atoms with van der Waals surface area (Å²) in [6.07, 6.45) is 0.811. The molecule has 0 aromatic heterocycles. The minimum atomic E-state index is -0.696. The van der Waals surface area contributed by atoms with Crippen LogP contribution in [-0.4, -0.2) is 35.4 Å². The van der Waals surface area contributed by atoms with Crippen LogP contribution >= 0.6 is 0 Å². The fourth-order valence-electron chi connectivity index (χ4n) is 3.45. The average Bonchev–Trinajstić information content (AvgIpc) is 3.00. The third-order valence-corrected chi connectivity index (χ3v) is 4.72. The molecule has 2 aromatic rings. The number of rotatable bonds is 1. The standard InChI is InChI=1S/C19H17FN2O3/c20-14-6-2-3-7-15(14)21-18(24)22-10-9-19(12-22)11-16(23)13-5-1-4-8-17(13)25-19/h1-8H,9-12H2,(H,21,24). The van der Waals surface area contributed by atoms with Gasteiger partial charge in [-0.05, 0) is 24.3 Å². The predicted molar refractivity (Wildman–Crippen MR) is 90.4 cm³/mol. The van der Waals surface area contributed by atoms with Crippen LogP contribution < -0.4 is 10.1 Å². The van der Waals surface area contributed by atoms with E-state index in [2.05, 4.69) is 5.32 Å². The zero-order valence-electron chi connectivity index (χ0n) is 13.5. The molecule has 0 saturated carbocycles. The van der Waals surface area contributed by atoms with Gasteiger partial charge in [-0.2, -0.15) is 0 Å². The van der Waals surface area contributed by atoms with Crippen LogP contribution in [-0.2, 0) is 0 Å². The Hall–Kier alpha value is -2.89. The Morgan fingerprint density at radius 2 is 1.92 bits per heavy atom. The summed E-state index contributed by atoms with van der Waals surface area (Å²) in [6.45, 7) is 0.753. The van der Waals surface area contributed by atoms with Gasteiger partial charge in [0.05, 0.1) is 24.2 Å². The summed E-state index contributed by atoms with van der Waals surface area (Å²) >= 11 is 0. The van der Waals surface area contributed by atoms with E-state index in [1.54, 1.807) is 35.2 Å². The Kier molecular flexibility index (Phi) is 3.67. The maximum Gasteiger partial charge on any atom is 0.322 e. The van der Waals surface area contributed by atoms with Crippen molar-refractivity contribution in [2.24, 2.45) is 0 Å². The molecule has 128 valence electrons. The number of carbonyl (C=O) groups is 2. The number of hydrogen-bond donors (Lipinski definition) is 1. The number of carbonyl (C=O) groups excluding carboxylic acids is 2. The molecule has 2 heterocycles. The smallest absolute Gasteiger partial charge is 0.322 e. The number of hydrogen-bond acceptors (Lipinski definition) is 3. The van der Waals surface area contributed by atoms with Gasteiger partial charge in [-0.1, -0.05) is 24.3 Å². The number of para-hydroxylation sites is 2. The predicted octanol–water partition coefficient (Wildman–Crippen LogP) is 3.47. The Morgan fingerprint density at radius 1 is 1.16 bits per heavy atom. The molecule has 1 spiro atoms. The second-order valence-electron chi connectivity index (χ2n) is 6.46. The van der Waals surface area contributed by atoms with Crippen LogP contribution in [0.1, 0.15) is 23.2 Å². The maximum atomic E-state index is 13.7. The fraction of sp³-hybridized carbons (Fsp3) is 0.263. The molecule has 0 bridgehead atoms. The van der Waals surface area contributed by atoms with Crippen molar-refractivity contribution in [1.82, 2.24) is 4.90 Å². The van der Waals surface area contributed by atoms with Crippen molar-refractivity contribution < 1.29 is 18.7 Å². The Bertz CT molecular complexity index is 854. The highest BCUT2D eigenvalue weighted by Gasteiger charge is 2.47. The van der Waals surface area contributed by atoms with Gasteiger partial charge >= 0.3 is 6.03 Å². The molecular weight excluding hydrogens is 323 g/mol. The quantitative estimate of drug-likeness (QED) is 0.865. The van der Waals surface area contributed by atoms with Crippen molar-refractivity contribution in [3.63, 3.8) is 0 Å². The number of fused-ring (bicyclic) bond motifs is 1. The fourth-order valence-corrected chi connectivity index (χ4v) is 3.45. The number of amides is 2. The Balaban J connectivity index is 1.49. The van der Waals surface area contributed by atoms with Crippen LogP contribution in [0.15, 0.2) is 48.5 Å². The first kappa shape index (κ1) is 15.6. The highest BCUT2D eigenvalue weighted by Crippen LogP contribution is 2.38. The summed E-state index contributed by atoms with van der Waals surface area (Å²) in [5, 5.41) is 2.58. The van der Waals surface area contributed by atoms with Crippen LogP contribution in [0.4, 0.5) is 14.9 Å². The largest absolute Gasteiger partial charge is 0.484 e. The van der Waals surface area contributed by atoms with Gasteiger partial charge in [-0.3, -0.25) is 4.79 Å². The summed E-state index contributed by atoms with van der Waals surface area (Å²) in [5.41, 5.74) is 0.0275. The molecule has 1 unspecified atom stereocenters. The third-order valence-electron chi connectivity index (χ3n) is 4.72. The number of anilines is 1. The Morgan fingerprint density at radius 3 is 2.76 bits per heavy atom. The summed E-state index contributed by atoms with van der Waals surface area (Å²) in [5.74, 6) is 0.108. The molecular formula is C19H17FN2O3. The van der Waals surface area contributed by atoms with Crippen LogP contribution in [0.3, 0.4) is 0 Å². The van der Waals surface area contributed by atoms with Crippen molar-refractivity contribution in [2.45, 2.75) is 18.4 Å². The monoisotopic (exact) mass is 340 g/mol. The second-order valence-corrected chi connectivity index (χ2v) is 6.46. The lowest BCUT2D eigenvalue weighted by Gasteiger charge is -2.34. The molecule has 0 aliphatic carbocycles. The number of ether oxygens (including phenoxy) is 1. The number of likely N-dealkylation sites (tertiary alicyclic amines) is 1. The van der Waals surface area contributed by atoms with Gasteiger partial charge < -0.3 is 15.0 Å². The molecule has 1 atom stereocenters. The number of nitrogens with one attached hydrogen (secondary N) is 1. The Labute approximate surface area is 144 Å². The molecule has 2 aliphatic heterocycles. The zero-order valence-corrected chi connectivity index (χ0v) is 13.5. The summed E-state index contributed by atoms with van der Waals surface area (Å²) in [7, 11) is 0. The number of nitrogens with zero attached hydrogens (tertiary/aromatic N) is 1. The first-order chi connectivity index (χ1) is 12.1. The van der Waals surface area contributed by atoms with E-state index in [9.17, 15) is 14.0 Å². The molecule has 2 aliphatic rings. The topological polar surface area (TPSA) is 58.6 Å². The van der Waals surface area contributed by atoms with Crippen LogP contribution in [0, 0.1) is 5.82 Å².